The van der Waals surface area contributed by atoms with Crippen molar-refractivity contribution in [2.45, 2.75) is 44.4 Å². The Morgan fingerprint density at radius 3 is 2.40 bits per heavy atom. The van der Waals surface area contributed by atoms with Gasteiger partial charge in [-0.2, -0.15) is 0 Å². The zero-order valence-electron chi connectivity index (χ0n) is 12.2. The maximum Gasteiger partial charge on any atom is 0.218 e. The molecule has 0 heterocycles. The van der Waals surface area contributed by atoms with Gasteiger partial charge < -0.3 is 5.73 Å². The van der Waals surface area contributed by atoms with Gasteiger partial charge in [-0.3, -0.25) is 0 Å². The lowest BCUT2D eigenvalue weighted by molar-refractivity contribution is 0.246. The van der Waals surface area contributed by atoms with Crippen molar-refractivity contribution in [3.63, 3.8) is 0 Å². The van der Waals surface area contributed by atoms with Crippen LogP contribution in [0.25, 0.3) is 0 Å². The van der Waals surface area contributed by atoms with Crippen molar-refractivity contribution in [3.8, 4) is 0 Å². The van der Waals surface area contributed by atoms with Gasteiger partial charge in [-0.25, -0.2) is 12.7 Å². The van der Waals surface area contributed by atoms with E-state index in [1.165, 1.54) is 0 Å². The summed E-state index contributed by atoms with van der Waals surface area (Å²) in [6.45, 7) is 2.23. The van der Waals surface area contributed by atoms with Crippen LogP contribution in [-0.2, 0) is 15.8 Å². The Balaban J connectivity index is 2.08. The number of benzene rings is 1. The predicted octanol–water partition coefficient (Wildman–Crippen LogP) is 2.61. The minimum absolute atomic E-state index is 0.0117. The Bertz CT molecular complexity index is 549. The average Bonchev–Trinajstić information content (AvgIpc) is 2.41. The first-order valence-corrected chi connectivity index (χ1v) is 8.80. The van der Waals surface area contributed by atoms with Crippen molar-refractivity contribution in [2.24, 2.45) is 5.92 Å². The van der Waals surface area contributed by atoms with Crippen LogP contribution in [0.2, 0.25) is 0 Å². The SMILES string of the molecule is CC1CCC(N(C)S(=O)(=O)Cc2ccccc2N)CC1. The average molecular weight is 296 g/mol. The third-order valence-corrected chi connectivity index (χ3v) is 6.18. The van der Waals surface area contributed by atoms with Gasteiger partial charge in [0.15, 0.2) is 0 Å². The Kier molecular flexibility index (Phi) is 4.70. The molecule has 2 N–H and O–H groups in total. The van der Waals surface area contributed by atoms with E-state index in [1.807, 2.05) is 12.1 Å². The molecule has 0 spiro atoms. The number of rotatable bonds is 4. The fourth-order valence-electron chi connectivity index (χ4n) is 2.80. The first-order chi connectivity index (χ1) is 9.40. The Labute approximate surface area is 122 Å². The lowest BCUT2D eigenvalue weighted by atomic mass is 9.87. The molecule has 1 aliphatic carbocycles. The molecule has 0 unspecified atom stereocenters. The van der Waals surface area contributed by atoms with Crippen LogP contribution in [0.1, 0.15) is 38.2 Å². The van der Waals surface area contributed by atoms with Crippen LogP contribution in [0.3, 0.4) is 0 Å². The highest BCUT2D eigenvalue weighted by atomic mass is 32.2. The second-order valence-electron chi connectivity index (χ2n) is 5.88. The summed E-state index contributed by atoms with van der Waals surface area (Å²) in [6.07, 6.45) is 4.14. The number of sulfonamides is 1. The Morgan fingerprint density at radius 1 is 1.20 bits per heavy atom. The van der Waals surface area contributed by atoms with Crippen molar-refractivity contribution in [1.29, 1.82) is 0 Å². The zero-order chi connectivity index (χ0) is 14.8. The van der Waals surface area contributed by atoms with Crippen LogP contribution in [-0.4, -0.2) is 25.8 Å². The fourth-order valence-corrected chi connectivity index (χ4v) is 4.32. The van der Waals surface area contributed by atoms with Gasteiger partial charge >= 0.3 is 0 Å². The van der Waals surface area contributed by atoms with Gasteiger partial charge in [-0.05, 0) is 43.2 Å². The predicted molar refractivity (Wildman–Crippen MR) is 82.7 cm³/mol. The van der Waals surface area contributed by atoms with Gasteiger partial charge in [0.1, 0.15) is 0 Å². The molecule has 1 aromatic carbocycles. The van der Waals surface area contributed by atoms with Crippen LogP contribution in [0.4, 0.5) is 5.69 Å². The number of nitrogens with zero attached hydrogens (tertiary/aromatic N) is 1. The molecule has 0 amide bonds. The van der Waals surface area contributed by atoms with Crippen LogP contribution in [0, 0.1) is 5.92 Å². The van der Waals surface area contributed by atoms with Crippen molar-refractivity contribution in [3.05, 3.63) is 29.8 Å². The number of anilines is 1. The van der Waals surface area contributed by atoms with Gasteiger partial charge in [0, 0.05) is 18.8 Å². The second kappa shape index (κ2) is 6.14. The quantitative estimate of drug-likeness (QED) is 0.869. The molecule has 0 bridgehead atoms. The van der Waals surface area contributed by atoms with E-state index in [4.69, 9.17) is 5.73 Å². The molecule has 0 aliphatic heterocycles. The molecule has 1 aromatic rings. The third kappa shape index (κ3) is 3.52. The summed E-state index contributed by atoms with van der Waals surface area (Å²) < 4.78 is 26.6. The highest BCUT2D eigenvalue weighted by Crippen LogP contribution is 2.28. The highest BCUT2D eigenvalue weighted by Gasteiger charge is 2.29. The number of hydrogen-bond acceptors (Lipinski definition) is 3. The summed E-state index contributed by atoms with van der Waals surface area (Å²) in [7, 11) is -1.60. The molecule has 4 nitrogen and oxygen atoms in total. The summed E-state index contributed by atoms with van der Waals surface area (Å²) in [4.78, 5) is 0. The van der Waals surface area contributed by atoms with Crippen molar-refractivity contribution < 1.29 is 8.42 Å². The van der Waals surface area contributed by atoms with E-state index in [1.54, 1.807) is 23.5 Å². The Morgan fingerprint density at radius 2 is 1.80 bits per heavy atom. The number of para-hydroxylation sites is 1. The van der Waals surface area contributed by atoms with Gasteiger partial charge in [0.05, 0.1) is 5.75 Å². The molecule has 2 rings (SSSR count). The number of nitrogen functional groups attached to an aromatic ring is 1. The lowest BCUT2D eigenvalue weighted by Gasteiger charge is -2.33. The van der Waals surface area contributed by atoms with E-state index < -0.39 is 10.0 Å². The first-order valence-electron chi connectivity index (χ1n) is 7.19. The molecular weight excluding hydrogens is 272 g/mol. The molecule has 0 radical (unpaired) electrons. The van der Waals surface area contributed by atoms with Crippen LogP contribution in [0.5, 0.6) is 0 Å². The zero-order valence-corrected chi connectivity index (χ0v) is 13.1. The fraction of sp³-hybridized carbons (Fsp3) is 0.600. The molecule has 0 saturated heterocycles. The van der Waals surface area contributed by atoms with Crippen molar-refractivity contribution >= 4 is 15.7 Å². The highest BCUT2D eigenvalue weighted by molar-refractivity contribution is 7.88. The van der Waals surface area contributed by atoms with E-state index in [9.17, 15) is 8.42 Å². The number of nitrogens with two attached hydrogens (primary N) is 1. The molecule has 5 heteroatoms. The van der Waals surface area contributed by atoms with Crippen LogP contribution < -0.4 is 5.73 Å². The molecular formula is C15H24N2O2S. The van der Waals surface area contributed by atoms with Gasteiger partial charge in [-0.15, -0.1) is 0 Å². The second-order valence-corrected chi connectivity index (χ2v) is 7.91. The summed E-state index contributed by atoms with van der Waals surface area (Å²) in [6, 6.07) is 7.30. The van der Waals surface area contributed by atoms with E-state index in [2.05, 4.69) is 6.92 Å². The molecule has 112 valence electrons. The molecule has 20 heavy (non-hydrogen) atoms. The van der Waals surface area contributed by atoms with E-state index >= 15 is 0 Å². The standard InChI is InChI=1S/C15H24N2O2S/c1-12-7-9-14(10-8-12)17(2)20(18,19)11-13-5-3-4-6-15(13)16/h3-6,12,14H,7-11,16H2,1-2H3. The Hall–Kier alpha value is -1.07. The lowest BCUT2D eigenvalue weighted by Crippen LogP contribution is -2.39. The monoisotopic (exact) mass is 296 g/mol. The van der Waals surface area contributed by atoms with Crippen LogP contribution >= 0.6 is 0 Å². The molecule has 1 saturated carbocycles. The summed E-state index contributed by atoms with van der Waals surface area (Å²) in [5.74, 6) is 0.703. The smallest absolute Gasteiger partial charge is 0.218 e. The topological polar surface area (TPSA) is 63.4 Å². The van der Waals surface area contributed by atoms with Gasteiger partial charge in [-0.1, -0.05) is 25.1 Å². The maximum atomic E-state index is 12.5. The van der Waals surface area contributed by atoms with Gasteiger partial charge in [0.25, 0.3) is 0 Å². The molecule has 1 fully saturated rings. The summed E-state index contributed by atoms with van der Waals surface area (Å²) in [5, 5.41) is 0. The maximum absolute atomic E-state index is 12.5. The van der Waals surface area contributed by atoms with E-state index in [0.717, 1.165) is 25.7 Å². The third-order valence-electron chi connectivity index (χ3n) is 4.33. The van der Waals surface area contributed by atoms with Crippen molar-refractivity contribution in [2.75, 3.05) is 12.8 Å². The minimum Gasteiger partial charge on any atom is -0.398 e. The molecule has 0 atom stereocenters. The normalized spacial score (nSPS) is 23.9. The summed E-state index contributed by atoms with van der Waals surface area (Å²) >= 11 is 0. The summed E-state index contributed by atoms with van der Waals surface area (Å²) in [5.41, 5.74) is 7.07. The number of hydrogen-bond donors (Lipinski definition) is 1. The van der Waals surface area contributed by atoms with Crippen LogP contribution in [0.15, 0.2) is 24.3 Å². The van der Waals surface area contributed by atoms with Crippen molar-refractivity contribution in [1.82, 2.24) is 4.31 Å². The molecule has 1 aliphatic rings. The van der Waals surface area contributed by atoms with E-state index in [0.29, 0.717) is 17.2 Å². The largest absolute Gasteiger partial charge is 0.398 e. The first kappa shape index (κ1) is 15.3. The minimum atomic E-state index is -3.30. The van der Waals surface area contributed by atoms with E-state index in [-0.39, 0.29) is 11.8 Å². The molecule has 0 aromatic heterocycles. The van der Waals surface area contributed by atoms with Gasteiger partial charge in [0.2, 0.25) is 10.0 Å².